The molecule has 0 bridgehead atoms. The highest BCUT2D eigenvalue weighted by molar-refractivity contribution is 5.80. The Bertz CT molecular complexity index is 877. The summed E-state index contributed by atoms with van der Waals surface area (Å²) < 4.78 is 24.7. The number of rotatable bonds is 7. The number of hydrogen-bond acceptors (Lipinski definition) is 4. The maximum absolute atomic E-state index is 14.0. The third-order valence-corrected chi connectivity index (χ3v) is 4.18. The van der Waals surface area contributed by atoms with Gasteiger partial charge >= 0.3 is 0 Å². The number of ether oxygens (including phenoxy) is 2. The molecule has 1 atom stereocenters. The van der Waals surface area contributed by atoms with E-state index in [-0.39, 0.29) is 18.4 Å². The van der Waals surface area contributed by atoms with Gasteiger partial charge in [0.25, 0.3) is 0 Å². The van der Waals surface area contributed by atoms with Crippen LogP contribution in [0.5, 0.6) is 11.5 Å². The second-order valence-electron chi connectivity index (χ2n) is 6.09. The number of benzene rings is 2. The molecular weight excluding hydrogens is 359 g/mol. The van der Waals surface area contributed by atoms with Crippen LogP contribution in [0.15, 0.2) is 41.4 Å². The zero-order valence-corrected chi connectivity index (χ0v) is 16.5. The monoisotopic (exact) mass is 384 g/mol. The number of halogens is 1. The van der Waals surface area contributed by atoms with Crippen LogP contribution in [0, 0.1) is 17.1 Å². The fourth-order valence-corrected chi connectivity index (χ4v) is 2.71. The molecule has 0 aliphatic heterocycles. The first-order chi connectivity index (χ1) is 13.5. The number of hydrogen-bond donors (Lipinski definition) is 2. The zero-order chi connectivity index (χ0) is 20.5. The van der Waals surface area contributed by atoms with E-state index in [0.29, 0.717) is 23.6 Å². The fourth-order valence-electron chi connectivity index (χ4n) is 2.71. The topological polar surface area (TPSA) is 78.7 Å². The predicted molar refractivity (Wildman–Crippen MR) is 107 cm³/mol. The van der Waals surface area contributed by atoms with E-state index in [1.54, 1.807) is 14.2 Å². The molecule has 0 heterocycles. The van der Waals surface area contributed by atoms with Crippen LogP contribution in [0.1, 0.15) is 36.6 Å². The van der Waals surface area contributed by atoms with Crippen LogP contribution in [0.3, 0.4) is 0 Å². The summed E-state index contributed by atoms with van der Waals surface area (Å²) in [6, 6.07) is 11.7. The normalized spacial score (nSPS) is 12.1. The Morgan fingerprint density at radius 1 is 1.21 bits per heavy atom. The molecule has 0 aliphatic rings. The van der Waals surface area contributed by atoms with Gasteiger partial charge in [-0.05, 0) is 50.2 Å². The fraction of sp³-hybridized carbons (Fsp3) is 0.333. The van der Waals surface area contributed by atoms with Crippen molar-refractivity contribution >= 4 is 5.96 Å². The van der Waals surface area contributed by atoms with Crippen LogP contribution in [0.4, 0.5) is 4.39 Å². The number of nitrogens with zero attached hydrogens (tertiary/aromatic N) is 2. The van der Waals surface area contributed by atoms with Crippen LogP contribution in [0.2, 0.25) is 0 Å². The molecule has 2 rings (SSSR count). The Balaban J connectivity index is 2.23. The van der Waals surface area contributed by atoms with Crippen LogP contribution >= 0.6 is 0 Å². The molecule has 0 fully saturated rings. The van der Waals surface area contributed by atoms with Gasteiger partial charge in [0.15, 0.2) is 5.96 Å². The third-order valence-electron chi connectivity index (χ3n) is 4.18. The molecule has 2 aromatic carbocycles. The average molecular weight is 384 g/mol. The average Bonchev–Trinajstić information content (AvgIpc) is 2.72. The molecule has 2 N–H and O–H groups in total. The molecule has 1 unspecified atom stereocenters. The third kappa shape index (κ3) is 5.36. The number of nitrogens with one attached hydrogen (secondary N) is 2. The minimum atomic E-state index is -0.388. The van der Waals surface area contributed by atoms with Crippen LogP contribution < -0.4 is 20.1 Å². The summed E-state index contributed by atoms with van der Waals surface area (Å²) in [7, 11) is 3.22. The molecule has 0 aliphatic carbocycles. The summed E-state index contributed by atoms with van der Waals surface area (Å²) in [6.45, 7) is 4.68. The van der Waals surface area contributed by atoms with Crippen molar-refractivity contribution in [3.63, 3.8) is 0 Å². The summed E-state index contributed by atoms with van der Waals surface area (Å²) in [5.74, 6) is 1.59. The van der Waals surface area contributed by atoms with E-state index in [1.165, 1.54) is 18.2 Å². The number of methoxy groups -OCH3 is 2. The lowest BCUT2D eigenvalue weighted by atomic mass is 10.1. The van der Waals surface area contributed by atoms with E-state index in [9.17, 15) is 4.39 Å². The lowest BCUT2D eigenvalue weighted by Crippen LogP contribution is -2.38. The first kappa shape index (κ1) is 21.0. The molecule has 0 saturated carbocycles. The summed E-state index contributed by atoms with van der Waals surface area (Å²) >= 11 is 0. The molecule has 2 aromatic rings. The standard InChI is InChI=1S/C21H25FN4O2/c1-5-24-21(25-13-16-10-15(12-23)6-8-19(16)22)26-14(2)18-11-17(27-3)7-9-20(18)28-4/h6-11,14H,5,13H2,1-4H3,(H2,24,25,26). The second kappa shape index (κ2) is 10.2. The van der Waals surface area contributed by atoms with Crippen molar-refractivity contribution in [2.24, 2.45) is 4.99 Å². The molecule has 0 saturated heterocycles. The zero-order valence-electron chi connectivity index (χ0n) is 16.5. The van der Waals surface area contributed by atoms with Crippen LogP contribution in [-0.4, -0.2) is 26.7 Å². The molecule has 28 heavy (non-hydrogen) atoms. The predicted octanol–water partition coefficient (Wildman–Crippen LogP) is 3.53. The minimum Gasteiger partial charge on any atom is -0.497 e. The molecule has 148 valence electrons. The smallest absolute Gasteiger partial charge is 0.192 e. The van der Waals surface area contributed by atoms with E-state index in [2.05, 4.69) is 15.6 Å². The summed E-state index contributed by atoms with van der Waals surface area (Å²) in [5.41, 5.74) is 1.67. The van der Waals surface area contributed by atoms with Gasteiger partial charge in [0.1, 0.15) is 17.3 Å². The molecule has 0 radical (unpaired) electrons. The Morgan fingerprint density at radius 3 is 2.64 bits per heavy atom. The Labute approximate surface area is 165 Å². The van der Waals surface area contributed by atoms with E-state index in [1.807, 2.05) is 38.1 Å². The van der Waals surface area contributed by atoms with Gasteiger partial charge in [-0.3, -0.25) is 0 Å². The minimum absolute atomic E-state index is 0.110. The van der Waals surface area contributed by atoms with E-state index < -0.39 is 0 Å². The van der Waals surface area contributed by atoms with Crippen molar-refractivity contribution in [1.82, 2.24) is 10.6 Å². The van der Waals surface area contributed by atoms with Crippen molar-refractivity contribution in [2.75, 3.05) is 20.8 Å². The first-order valence-corrected chi connectivity index (χ1v) is 8.97. The summed E-state index contributed by atoms with van der Waals surface area (Å²) in [5, 5.41) is 15.4. The van der Waals surface area contributed by atoms with Gasteiger partial charge in [-0.2, -0.15) is 5.26 Å². The van der Waals surface area contributed by atoms with Gasteiger partial charge in [0.05, 0.1) is 38.4 Å². The lowest BCUT2D eigenvalue weighted by molar-refractivity contribution is 0.394. The molecule has 0 amide bonds. The lowest BCUT2D eigenvalue weighted by Gasteiger charge is -2.21. The Hall–Kier alpha value is -3.27. The highest BCUT2D eigenvalue weighted by Crippen LogP contribution is 2.29. The van der Waals surface area contributed by atoms with E-state index >= 15 is 0 Å². The summed E-state index contributed by atoms with van der Waals surface area (Å²) in [6.07, 6.45) is 0. The first-order valence-electron chi connectivity index (χ1n) is 8.97. The quantitative estimate of drug-likeness (QED) is 0.564. The van der Waals surface area contributed by atoms with Crippen molar-refractivity contribution < 1.29 is 13.9 Å². The van der Waals surface area contributed by atoms with E-state index in [0.717, 1.165) is 17.1 Å². The largest absolute Gasteiger partial charge is 0.497 e. The molecule has 0 spiro atoms. The molecule has 6 nitrogen and oxygen atoms in total. The van der Waals surface area contributed by atoms with E-state index in [4.69, 9.17) is 14.7 Å². The maximum atomic E-state index is 14.0. The van der Waals surface area contributed by atoms with Gasteiger partial charge < -0.3 is 20.1 Å². The van der Waals surface area contributed by atoms with Crippen LogP contribution in [-0.2, 0) is 6.54 Å². The number of aliphatic imine (C=N–C) groups is 1. The van der Waals surface area contributed by atoms with Crippen molar-refractivity contribution in [3.8, 4) is 17.6 Å². The highest BCUT2D eigenvalue weighted by Gasteiger charge is 2.14. The Kier molecular flexibility index (Phi) is 7.64. The van der Waals surface area contributed by atoms with Crippen molar-refractivity contribution in [1.29, 1.82) is 5.26 Å². The van der Waals surface area contributed by atoms with Gasteiger partial charge in [-0.1, -0.05) is 0 Å². The SMILES string of the molecule is CCNC(=NCc1cc(C#N)ccc1F)NC(C)c1cc(OC)ccc1OC. The Morgan fingerprint density at radius 2 is 2.00 bits per heavy atom. The van der Waals surface area contributed by atoms with Crippen LogP contribution in [0.25, 0.3) is 0 Å². The summed E-state index contributed by atoms with van der Waals surface area (Å²) in [4.78, 5) is 4.46. The highest BCUT2D eigenvalue weighted by atomic mass is 19.1. The molecule has 7 heteroatoms. The maximum Gasteiger partial charge on any atom is 0.192 e. The number of nitriles is 1. The van der Waals surface area contributed by atoms with Crippen molar-refractivity contribution in [2.45, 2.75) is 26.4 Å². The molecular formula is C21H25FN4O2. The van der Waals surface area contributed by atoms with Gasteiger partial charge in [-0.25, -0.2) is 9.38 Å². The van der Waals surface area contributed by atoms with Crippen molar-refractivity contribution in [3.05, 3.63) is 58.9 Å². The molecule has 0 aromatic heterocycles. The number of guanidine groups is 1. The van der Waals surface area contributed by atoms with Gasteiger partial charge in [-0.15, -0.1) is 0 Å². The van der Waals surface area contributed by atoms with Gasteiger partial charge in [0, 0.05) is 17.7 Å². The van der Waals surface area contributed by atoms with Gasteiger partial charge in [0.2, 0.25) is 0 Å². The second-order valence-corrected chi connectivity index (χ2v) is 6.09.